The summed E-state index contributed by atoms with van der Waals surface area (Å²) in [7, 11) is 0. The van der Waals surface area contributed by atoms with E-state index in [0.717, 1.165) is 27.8 Å². The number of nitrogens with zero attached hydrogens (tertiary/aromatic N) is 2. The molecule has 30 heavy (non-hydrogen) atoms. The number of hydrogen-bond donors (Lipinski definition) is 1. The molecule has 2 N–H and O–H groups in total. The van der Waals surface area contributed by atoms with Gasteiger partial charge in [-0.05, 0) is 35.7 Å². The average Bonchev–Trinajstić information content (AvgIpc) is 2.79. The van der Waals surface area contributed by atoms with Crippen molar-refractivity contribution in [1.82, 2.24) is 9.97 Å². The molecular formula is C25H23N3O2. The number of aryl methyl sites for hydroxylation is 1. The van der Waals surface area contributed by atoms with Crippen molar-refractivity contribution in [3.05, 3.63) is 102 Å². The molecule has 4 aromatic rings. The van der Waals surface area contributed by atoms with Crippen LogP contribution in [0.4, 0.5) is 5.82 Å². The summed E-state index contributed by atoms with van der Waals surface area (Å²) in [6.45, 7) is 2.78. The minimum Gasteiger partial charge on any atom is -0.473 e. The molecule has 0 spiro atoms. The number of anilines is 1. The van der Waals surface area contributed by atoms with Crippen molar-refractivity contribution in [3.63, 3.8) is 0 Å². The molecule has 0 saturated heterocycles. The van der Waals surface area contributed by atoms with Crippen molar-refractivity contribution in [2.45, 2.75) is 20.1 Å². The first-order valence-electron chi connectivity index (χ1n) is 9.76. The van der Waals surface area contributed by atoms with Crippen LogP contribution < -0.4 is 15.2 Å². The van der Waals surface area contributed by atoms with Gasteiger partial charge in [-0.3, -0.25) is 0 Å². The maximum Gasteiger partial charge on any atom is 0.225 e. The number of benzene rings is 2. The number of rotatable bonds is 7. The van der Waals surface area contributed by atoms with Gasteiger partial charge in [-0.1, -0.05) is 60.7 Å². The summed E-state index contributed by atoms with van der Waals surface area (Å²) in [4.78, 5) is 8.90. The van der Waals surface area contributed by atoms with E-state index < -0.39 is 0 Å². The number of pyridine rings is 2. The highest BCUT2D eigenvalue weighted by atomic mass is 16.5. The molecule has 4 rings (SSSR count). The highest BCUT2D eigenvalue weighted by molar-refractivity contribution is 5.70. The van der Waals surface area contributed by atoms with Gasteiger partial charge in [0.05, 0.1) is 0 Å². The van der Waals surface area contributed by atoms with E-state index in [4.69, 9.17) is 15.2 Å². The average molecular weight is 397 g/mol. The van der Waals surface area contributed by atoms with Gasteiger partial charge in [0.2, 0.25) is 11.8 Å². The zero-order chi connectivity index (χ0) is 20.8. The van der Waals surface area contributed by atoms with Gasteiger partial charge in [0.15, 0.2) is 0 Å². The number of nitrogens with two attached hydrogens (primary N) is 1. The lowest BCUT2D eigenvalue weighted by Gasteiger charge is -2.14. The Bertz CT molecular complexity index is 1120. The van der Waals surface area contributed by atoms with Gasteiger partial charge in [0.25, 0.3) is 0 Å². The van der Waals surface area contributed by atoms with Crippen LogP contribution in [0.25, 0.3) is 11.1 Å². The molecule has 0 saturated carbocycles. The quantitative estimate of drug-likeness (QED) is 0.465. The van der Waals surface area contributed by atoms with Crippen LogP contribution in [0.5, 0.6) is 11.8 Å². The Morgan fingerprint density at radius 3 is 2.07 bits per heavy atom. The fourth-order valence-corrected chi connectivity index (χ4v) is 3.02. The van der Waals surface area contributed by atoms with Gasteiger partial charge in [0.1, 0.15) is 19.0 Å². The third kappa shape index (κ3) is 4.75. The van der Waals surface area contributed by atoms with E-state index in [1.54, 1.807) is 6.20 Å². The van der Waals surface area contributed by atoms with Crippen LogP contribution >= 0.6 is 0 Å². The van der Waals surface area contributed by atoms with Crippen LogP contribution in [0.15, 0.2) is 85.1 Å². The number of hydrogen-bond acceptors (Lipinski definition) is 5. The number of nitrogen functional groups attached to an aromatic ring is 1. The topological polar surface area (TPSA) is 70.3 Å². The molecule has 0 aliphatic rings. The lowest BCUT2D eigenvalue weighted by atomic mass is 10.1. The minimum absolute atomic E-state index is 0.407. The first-order chi connectivity index (χ1) is 14.7. The van der Waals surface area contributed by atoms with Crippen molar-refractivity contribution >= 4 is 5.82 Å². The highest BCUT2D eigenvalue weighted by Crippen LogP contribution is 2.32. The van der Waals surface area contributed by atoms with E-state index in [-0.39, 0.29) is 0 Å². The molecule has 0 aliphatic heterocycles. The van der Waals surface area contributed by atoms with Gasteiger partial charge in [0, 0.05) is 23.4 Å². The summed E-state index contributed by atoms with van der Waals surface area (Å²) < 4.78 is 12.0. The first kappa shape index (κ1) is 19.5. The third-order valence-corrected chi connectivity index (χ3v) is 4.71. The van der Waals surface area contributed by atoms with E-state index in [9.17, 15) is 0 Å². The lowest BCUT2D eigenvalue weighted by Crippen LogP contribution is -2.03. The van der Waals surface area contributed by atoms with Gasteiger partial charge in [-0.15, -0.1) is 0 Å². The van der Waals surface area contributed by atoms with Crippen molar-refractivity contribution in [2.75, 3.05) is 5.73 Å². The molecule has 5 heteroatoms. The van der Waals surface area contributed by atoms with Crippen molar-refractivity contribution in [3.8, 4) is 22.9 Å². The van der Waals surface area contributed by atoms with E-state index in [1.807, 2.05) is 85.8 Å². The Balaban J connectivity index is 1.61. The molecule has 0 atom stereocenters. The second-order valence-electron chi connectivity index (χ2n) is 6.98. The summed E-state index contributed by atoms with van der Waals surface area (Å²) in [5.74, 6) is 1.52. The van der Waals surface area contributed by atoms with Gasteiger partial charge in [-0.25, -0.2) is 4.98 Å². The maximum absolute atomic E-state index is 6.09. The van der Waals surface area contributed by atoms with Crippen LogP contribution in [0.3, 0.4) is 0 Å². The second-order valence-corrected chi connectivity index (χ2v) is 6.98. The Kier molecular flexibility index (Phi) is 5.90. The van der Waals surface area contributed by atoms with E-state index in [1.165, 1.54) is 0 Å². The highest BCUT2D eigenvalue weighted by Gasteiger charge is 2.13. The van der Waals surface area contributed by atoms with E-state index >= 15 is 0 Å². The molecule has 2 heterocycles. The summed E-state index contributed by atoms with van der Waals surface area (Å²) in [6.07, 6.45) is 1.74. The molecule has 0 fully saturated rings. The van der Waals surface area contributed by atoms with E-state index in [2.05, 4.69) is 9.97 Å². The largest absolute Gasteiger partial charge is 0.473 e. The smallest absolute Gasteiger partial charge is 0.225 e. The third-order valence-electron chi connectivity index (χ3n) is 4.71. The Morgan fingerprint density at radius 1 is 0.800 bits per heavy atom. The second kappa shape index (κ2) is 9.09. The van der Waals surface area contributed by atoms with Crippen LogP contribution in [-0.4, -0.2) is 9.97 Å². The van der Waals surface area contributed by atoms with Crippen molar-refractivity contribution < 1.29 is 9.47 Å². The standard InChI is InChI=1S/C25H23N3O2/c1-18-14-21(15-27-24(18)26)22-12-13-23(29-16-19-8-4-2-5-9-19)28-25(22)30-17-20-10-6-3-7-11-20/h2-15H,16-17H2,1H3,(H2,26,27). The Hall–Kier alpha value is -3.86. The van der Waals surface area contributed by atoms with E-state index in [0.29, 0.717) is 30.8 Å². The zero-order valence-electron chi connectivity index (χ0n) is 16.8. The predicted octanol–water partition coefficient (Wildman–Crippen LogP) is 5.19. The Morgan fingerprint density at radius 2 is 1.43 bits per heavy atom. The fraction of sp³-hybridized carbons (Fsp3) is 0.120. The maximum atomic E-state index is 6.09. The molecule has 5 nitrogen and oxygen atoms in total. The van der Waals surface area contributed by atoms with Crippen molar-refractivity contribution in [1.29, 1.82) is 0 Å². The van der Waals surface area contributed by atoms with Crippen LogP contribution in [0.2, 0.25) is 0 Å². The number of ether oxygens (including phenoxy) is 2. The van der Waals surface area contributed by atoms with Crippen LogP contribution in [-0.2, 0) is 13.2 Å². The van der Waals surface area contributed by atoms with Gasteiger partial charge in [-0.2, -0.15) is 4.98 Å². The predicted molar refractivity (Wildman–Crippen MR) is 118 cm³/mol. The Labute approximate surface area is 176 Å². The normalized spacial score (nSPS) is 10.6. The molecule has 150 valence electrons. The van der Waals surface area contributed by atoms with Gasteiger partial charge >= 0.3 is 0 Å². The fourth-order valence-electron chi connectivity index (χ4n) is 3.02. The molecular weight excluding hydrogens is 374 g/mol. The SMILES string of the molecule is Cc1cc(-c2ccc(OCc3ccccc3)nc2OCc2ccccc2)cnc1N. The first-order valence-corrected chi connectivity index (χ1v) is 9.76. The molecule has 0 bridgehead atoms. The lowest BCUT2D eigenvalue weighted by molar-refractivity contribution is 0.268. The molecule has 2 aromatic heterocycles. The van der Waals surface area contributed by atoms with Crippen LogP contribution in [0.1, 0.15) is 16.7 Å². The monoisotopic (exact) mass is 397 g/mol. The molecule has 0 amide bonds. The summed E-state index contributed by atoms with van der Waals surface area (Å²) >= 11 is 0. The summed E-state index contributed by atoms with van der Waals surface area (Å²) in [5, 5.41) is 0. The molecule has 0 aliphatic carbocycles. The number of aromatic nitrogens is 2. The zero-order valence-corrected chi connectivity index (χ0v) is 16.8. The van der Waals surface area contributed by atoms with Crippen LogP contribution in [0, 0.1) is 6.92 Å². The minimum atomic E-state index is 0.407. The molecule has 2 aromatic carbocycles. The summed E-state index contributed by atoms with van der Waals surface area (Å²) in [5.41, 5.74) is 10.7. The molecule has 0 radical (unpaired) electrons. The molecule has 0 unspecified atom stereocenters. The van der Waals surface area contributed by atoms with Gasteiger partial charge < -0.3 is 15.2 Å². The summed E-state index contributed by atoms with van der Waals surface area (Å²) in [6, 6.07) is 25.8. The van der Waals surface area contributed by atoms with Crippen molar-refractivity contribution in [2.24, 2.45) is 0 Å².